The molecule has 6 heteroatoms. The molecule has 6 nitrogen and oxygen atoms in total. The molecular formula is C16H20N4O2. The van der Waals surface area contributed by atoms with E-state index in [1.165, 1.54) is 0 Å². The van der Waals surface area contributed by atoms with Crippen LogP contribution in [0.4, 0.5) is 17.5 Å². The van der Waals surface area contributed by atoms with Gasteiger partial charge in [-0.05, 0) is 38.1 Å². The summed E-state index contributed by atoms with van der Waals surface area (Å²) in [7, 11) is 1.65. The standard InChI is InChI=1S/C16H20N4O2/c1-11-10-15(20-16(18-11)17-8-9-22-3)19-14-6-4-13(5-7-14)12(2)21/h4-7,10H,8-9H2,1-3H3,(H2,17,18,19,20). The second kappa shape index (κ2) is 7.51. The fourth-order valence-electron chi connectivity index (χ4n) is 1.91. The number of Topliss-reactive ketones (excluding diaryl/α,β-unsaturated/α-hetero) is 1. The zero-order chi connectivity index (χ0) is 15.9. The molecule has 0 unspecified atom stereocenters. The summed E-state index contributed by atoms with van der Waals surface area (Å²) >= 11 is 0. The van der Waals surface area contributed by atoms with Crippen molar-refractivity contribution in [2.75, 3.05) is 30.9 Å². The van der Waals surface area contributed by atoms with Gasteiger partial charge in [-0.1, -0.05) is 0 Å². The van der Waals surface area contributed by atoms with Gasteiger partial charge >= 0.3 is 0 Å². The Bertz CT molecular complexity index is 641. The molecule has 1 aromatic carbocycles. The molecule has 0 radical (unpaired) electrons. The molecule has 0 fully saturated rings. The lowest BCUT2D eigenvalue weighted by Gasteiger charge is -2.10. The Morgan fingerprint density at radius 1 is 1.23 bits per heavy atom. The number of hydrogen-bond donors (Lipinski definition) is 2. The lowest BCUT2D eigenvalue weighted by molar-refractivity contribution is 0.101. The molecule has 116 valence electrons. The van der Waals surface area contributed by atoms with Crippen LogP contribution in [0.1, 0.15) is 23.0 Å². The molecule has 0 saturated carbocycles. The topological polar surface area (TPSA) is 76.1 Å². The normalized spacial score (nSPS) is 10.3. The van der Waals surface area contributed by atoms with Gasteiger partial charge in [-0.25, -0.2) is 4.98 Å². The summed E-state index contributed by atoms with van der Waals surface area (Å²) in [6.07, 6.45) is 0. The number of methoxy groups -OCH3 is 1. The lowest BCUT2D eigenvalue weighted by atomic mass is 10.1. The van der Waals surface area contributed by atoms with E-state index >= 15 is 0 Å². The highest BCUT2D eigenvalue weighted by Gasteiger charge is 2.04. The number of carbonyl (C=O) groups is 1. The summed E-state index contributed by atoms with van der Waals surface area (Å²) in [6, 6.07) is 9.14. The van der Waals surface area contributed by atoms with Crippen LogP contribution in [0.2, 0.25) is 0 Å². The monoisotopic (exact) mass is 300 g/mol. The highest BCUT2D eigenvalue weighted by atomic mass is 16.5. The van der Waals surface area contributed by atoms with E-state index in [-0.39, 0.29) is 5.78 Å². The van der Waals surface area contributed by atoms with Crippen LogP contribution >= 0.6 is 0 Å². The van der Waals surface area contributed by atoms with Crippen LogP contribution in [0.3, 0.4) is 0 Å². The Morgan fingerprint density at radius 2 is 1.95 bits per heavy atom. The number of ether oxygens (including phenoxy) is 1. The van der Waals surface area contributed by atoms with Crippen molar-refractivity contribution >= 4 is 23.2 Å². The van der Waals surface area contributed by atoms with Gasteiger partial charge in [-0.15, -0.1) is 0 Å². The molecule has 2 aromatic rings. The van der Waals surface area contributed by atoms with Gasteiger partial charge in [0.25, 0.3) is 0 Å². The van der Waals surface area contributed by atoms with E-state index in [0.29, 0.717) is 30.5 Å². The summed E-state index contributed by atoms with van der Waals surface area (Å²) in [5.74, 6) is 1.30. The third kappa shape index (κ3) is 4.53. The van der Waals surface area contributed by atoms with Crippen LogP contribution in [-0.4, -0.2) is 36.0 Å². The van der Waals surface area contributed by atoms with Crippen LogP contribution in [0.25, 0.3) is 0 Å². The number of anilines is 3. The minimum atomic E-state index is 0.0501. The zero-order valence-electron chi connectivity index (χ0n) is 13.0. The second-order valence-electron chi connectivity index (χ2n) is 4.90. The fourth-order valence-corrected chi connectivity index (χ4v) is 1.91. The Labute approximate surface area is 129 Å². The van der Waals surface area contributed by atoms with Gasteiger partial charge in [-0.2, -0.15) is 4.98 Å². The van der Waals surface area contributed by atoms with Gasteiger partial charge in [0.15, 0.2) is 5.78 Å². The largest absolute Gasteiger partial charge is 0.383 e. The highest BCUT2D eigenvalue weighted by Crippen LogP contribution is 2.17. The van der Waals surface area contributed by atoms with E-state index in [0.717, 1.165) is 11.4 Å². The third-order valence-corrected chi connectivity index (χ3v) is 3.01. The van der Waals surface area contributed by atoms with Crippen molar-refractivity contribution in [2.24, 2.45) is 0 Å². The molecule has 1 aromatic heterocycles. The molecule has 0 amide bonds. The molecule has 0 aliphatic heterocycles. The van der Waals surface area contributed by atoms with Crippen LogP contribution in [0, 0.1) is 6.92 Å². The van der Waals surface area contributed by atoms with Gasteiger partial charge < -0.3 is 15.4 Å². The van der Waals surface area contributed by atoms with Gasteiger partial charge in [0.05, 0.1) is 6.61 Å². The Kier molecular flexibility index (Phi) is 5.43. The number of nitrogens with zero attached hydrogens (tertiary/aromatic N) is 2. The van der Waals surface area contributed by atoms with Gasteiger partial charge in [0.2, 0.25) is 5.95 Å². The minimum absolute atomic E-state index is 0.0501. The van der Waals surface area contributed by atoms with Crippen molar-refractivity contribution in [1.29, 1.82) is 0 Å². The Balaban J connectivity index is 2.09. The second-order valence-corrected chi connectivity index (χ2v) is 4.90. The molecule has 0 atom stereocenters. The SMILES string of the molecule is COCCNc1nc(C)cc(Nc2ccc(C(C)=O)cc2)n1. The average Bonchev–Trinajstić information content (AvgIpc) is 2.47. The van der Waals surface area contributed by atoms with E-state index in [1.807, 2.05) is 25.1 Å². The number of nitrogens with one attached hydrogen (secondary N) is 2. The third-order valence-electron chi connectivity index (χ3n) is 3.01. The molecule has 0 saturated heterocycles. The first kappa shape index (κ1) is 15.9. The van der Waals surface area contributed by atoms with Crippen LogP contribution in [0.15, 0.2) is 30.3 Å². The van der Waals surface area contributed by atoms with E-state index in [1.54, 1.807) is 26.2 Å². The first-order valence-electron chi connectivity index (χ1n) is 7.05. The molecule has 0 bridgehead atoms. The fraction of sp³-hybridized carbons (Fsp3) is 0.312. The molecule has 2 N–H and O–H groups in total. The molecule has 0 aliphatic rings. The van der Waals surface area contributed by atoms with E-state index in [2.05, 4.69) is 20.6 Å². The van der Waals surface area contributed by atoms with Crippen molar-refractivity contribution in [1.82, 2.24) is 9.97 Å². The number of aromatic nitrogens is 2. The zero-order valence-corrected chi connectivity index (χ0v) is 13.0. The lowest BCUT2D eigenvalue weighted by Crippen LogP contribution is -2.11. The first-order chi connectivity index (χ1) is 10.6. The summed E-state index contributed by atoms with van der Waals surface area (Å²) in [5, 5.41) is 6.31. The predicted octanol–water partition coefficient (Wildman–Crippen LogP) is 2.79. The summed E-state index contributed by atoms with van der Waals surface area (Å²) < 4.78 is 4.99. The van der Waals surface area contributed by atoms with E-state index in [9.17, 15) is 4.79 Å². The smallest absolute Gasteiger partial charge is 0.224 e. The molecule has 0 spiro atoms. The maximum atomic E-state index is 11.3. The number of benzene rings is 1. The van der Waals surface area contributed by atoms with E-state index in [4.69, 9.17) is 4.74 Å². The maximum Gasteiger partial charge on any atom is 0.224 e. The Morgan fingerprint density at radius 3 is 2.59 bits per heavy atom. The number of hydrogen-bond acceptors (Lipinski definition) is 6. The van der Waals surface area contributed by atoms with Crippen molar-refractivity contribution in [2.45, 2.75) is 13.8 Å². The van der Waals surface area contributed by atoms with Gasteiger partial charge in [0, 0.05) is 36.7 Å². The summed E-state index contributed by atoms with van der Waals surface area (Å²) in [5.41, 5.74) is 2.41. The van der Waals surface area contributed by atoms with Crippen LogP contribution < -0.4 is 10.6 Å². The highest BCUT2D eigenvalue weighted by molar-refractivity contribution is 5.94. The maximum absolute atomic E-state index is 11.3. The van der Waals surface area contributed by atoms with Gasteiger partial charge in [-0.3, -0.25) is 4.79 Å². The first-order valence-corrected chi connectivity index (χ1v) is 7.05. The summed E-state index contributed by atoms with van der Waals surface area (Å²) in [4.78, 5) is 20.0. The van der Waals surface area contributed by atoms with Crippen molar-refractivity contribution < 1.29 is 9.53 Å². The van der Waals surface area contributed by atoms with Crippen molar-refractivity contribution in [3.05, 3.63) is 41.6 Å². The number of carbonyl (C=O) groups excluding carboxylic acids is 1. The van der Waals surface area contributed by atoms with Crippen LogP contribution in [0.5, 0.6) is 0 Å². The predicted molar refractivity (Wildman–Crippen MR) is 86.9 cm³/mol. The van der Waals surface area contributed by atoms with E-state index < -0.39 is 0 Å². The van der Waals surface area contributed by atoms with Crippen molar-refractivity contribution in [3.8, 4) is 0 Å². The van der Waals surface area contributed by atoms with Gasteiger partial charge in [0.1, 0.15) is 5.82 Å². The number of ketones is 1. The average molecular weight is 300 g/mol. The molecule has 22 heavy (non-hydrogen) atoms. The number of aryl methyl sites for hydroxylation is 1. The quantitative estimate of drug-likeness (QED) is 0.605. The number of rotatable bonds is 7. The minimum Gasteiger partial charge on any atom is -0.383 e. The van der Waals surface area contributed by atoms with Crippen LogP contribution in [-0.2, 0) is 4.74 Å². The van der Waals surface area contributed by atoms with Crippen molar-refractivity contribution in [3.63, 3.8) is 0 Å². The molecule has 2 rings (SSSR count). The Hall–Kier alpha value is -2.47. The summed E-state index contributed by atoms with van der Waals surface area (Å²) in [6.45, 7) is 4.70. The molecule has 0 aliphatic carbocycles. The molecular weight excluding hydrogens is 280 g/mol. The molecule has 1 heterocycles.